The molecule has 3 aromatic carbocycles. The van der Waals surface area contributed by atoms with Crippen LogP contribution in [0.1, 0.15) is 38.8 Å². The molecule has 3 rings (SSSR count). The van der Waals surface area contributed by atoms with E-state index < -0.39 is 40.0 Å². The summed E-state index contributed by atoms with van der Waals surface area (Å²) < 4.78 is 28.8. The number of carbonyl (C=O) groups excluding carboxylic acids is 2. The fraction of sp³-hybridized carbons (Fsp3) is 0.310. The van der Waals surface area contributed by atoms with Crippen LogP contribution < -0.4 is 9.62 Å². The molecule has 1 N–H and O–H groups in total. The summed E-state index contributed by atoms with van der Waals surface area (Å²) in [6.45, 7) is 8.19. The molecule has 0 saturated carbocycles. The predicted molar refractivity (Wildman–Crippen MR) is 167 cm³/mol. The van der Waals surface area contributed by atoms with Gasteiger partial charge in [0.05, 0.1) is 20.6 Å². The first-order chi connectivity index (χ1) is 19.0. The number of hydrogen-bond acceptors (Lipinski definition) is 4. The average molecular weight is 659 g/mol. The second-order valence-corrected chi connectivity index (χ2v) is 14.2. The van der Waals surface area contributed by atoms with Crippen molar-refractivity contribution in [1.82, 2.24) is 10.2 Å². The first kappa shape index (κ1) is 33.0. The second-order valence-electron chi connectivity index (χ2n) is 10.6. The molecule has 0 saturated heterocycles. The molecule has 7 nitrogen and oxygen atoms in total. The monoisotopic (exact) mass is 657 g/mol. The molecule has 41 heavy (non-hydrogen) atoms. The molecule has 0 spiro atoms. The first-order valence-corrected chi connectivity index (χ1v) is 15.5. The molecule has 1 atom stereocenters. The smallest absolute Gasteiger partial charge is 0.264 e. The van der Waals surface area contributed by atoms with Gasteiger partial charge in [-0.05, 0) is 82.6 Å². The minimum Gasteiger partial charge on any atom is -0.350 e. The number of anilines is 1. The van der Waals surface area contributed by atoms with E-state index in [2.05, 4.69) is 5.32 Å². The van der Waals surface area contributed by atoms with E-state index in [1.54, 1.807) is 37.3 Å². The van der Waals surface area contributed by atoms with Gasteiger partial charge < -0.3 is 10.2 Å². The summed E-state index contributed by atoms with van der Waals surface area (Å²) >= 11 is 24.7. The number of hydrogen-bond donors (Lipinski definition) is 1. The molecule has 0 aliphatic rings. The highest BCUT2D eigenvalue weighted by Crippen LogP contribution is 2.30. The lowest BCUT2D eigenvalue weighted by Crippen LogP contribution is -2.54. The number of nitrogens with one attached hydrogen (secondary N) is 1. The van der Waals surface area contributed by atoms with Crippen LogP contribution in [0.2, 0.25) is 20.1 Å². The fourth-order valence-electron chi connectivity index (χ4n) is 3.94. The third-order valence-electron chi connectivity index (χ3n) is 6.03. The fourth-order valence-corrected chi connectivity index (χ4v) is 6.17. The van der Waals surface area contributed by atoms with Gasteiger partial charge in [-0.25, -0.2) is 8.42 Å². The van der Waals surface area contributed by atoms with Crippen molar-refractivity contribution in [2.24, 2.45) is 0 Å². The minimum absolute atomic E-state index is 0.0263. The average Bonchev–Trinajstić information content (AvgIpc) is 2.85. The summed E-state index contributed by atoms with van der Waals surface area (Å²) in [5.41, 5.74) is 0.991. The highest BCUT2D eigenvalue weighted by Gasteiger charge is 2.33. The van der Waals surface area contributed by atoms with Crippen LogP contribution in [0.3, 0.4) is 0 Å². The van der Waals surface area contributed by atoms with Gasteiger partial charge in [0.2, 0.25) is 11.8 Å². The van der Waals surface area contributed by atoms with Crippen LogP contribution in [0.15, 0.2) is 65.6 Å². The zero-order chi connectivity index (χ0) is 30.7. The summed E-state index contributed by atoms with van der Waals surface area (Å²) in [7, 11) is -4.26. The first-order valence-electron chi connectivity index (χ1n) is 12.6. The Labute approximate surface area is 261 Å². The molecular weight excluding hydrogens is 628 g/mol. The molecule has 0 heterocycles. The SMILES string of the molecule is Cc1ccc(S(=O)(=O)N(CC(=O)N(Cc2ccc(Cl)c(Cl)c2)[C@@H](C)C(=O)NC(C)(C)C)c2cc(Cl)cc(Cl)c2)cc1. The van der Waals surface area contributed by atoms with Gasteiger partial charge in [0.25, 0.3) is 10.0 Å². The Kier molecular flexibility index (Phi) is 10.6. The van der Waals surface area contributed by atoms with E-state index in [-0.39, 0.29) is 32.2 Å². The number of sulfonamides is 1. The zero-order valence-electron chi connectivity index (χ0n) is 23.2. The lowest BCUT2D eigenvalue weighted by molar-refractivity contribution is -0.140. The van der Waals surface area contributed by atoms with Crippen LogP contribution in [-0.2, 0) is 26.2 Å². The Morgan fingerprint density at radius 2 is 1.46 bits per heavy atom. The van der Waals surface area contributed by atoms with Crippen LogP contribution in [0.4, 0.5) is 5.69 Å². The lowest BCUT2D eigenvalue weighted by Gasteiger charge is -2.33. The van der Waals surface area contributed by atoms with Crippen LogP contribution in [0, 0.1) is 6.92 Å². The van der Waals surface area contributed by atoms with Crippen LogP contribution in [-0.4, -0.2) is 43.3 Å². The number of aryl methyl sites for hydroxylation is 1. The molecular formula is C29H31Cl4N3O4S. The van der Waals surface area contributed by atoms with Crippen molar-refractivity contribution in [2.75, 3.05) is 10.8 Å². The van der Waals surface area contributed by atoms with Crippen molar-refractivity contribution >= 4 is 73.9 Å². The quantitative estimate of drug-likeness (QED) is 0.265. The van der Waals surface area contributed by atoms with Crippen molar-refractivity contribution in [3.05, 3.63) is 91.9 Å². The summed E-state index contributed by atoms with van der Waals surface area (Å²) in [6, 6.07) is 14.4. The molecule has 0 bridgehead atoms. The molecule has 0 unspecified atom stereocenters. The number of carbonyl (C=O) groups is 2. The van der Waals surface area contributed by atoms with E-state index in [4.69, 9.17) is 46.4 Å². The Balaban J connectivity index is 2.09. The number of nitrogens with zero attached hydrogens (tertiary/aromatic N) is 2. The standard InChI is InChI=1S/C29H31Cl4N3O4S/c1-18-6-9-24(10-7-18)41(39,40)36(23-14-21(30)13-22(31)15-23)17-27(37)35(19(2)28(38)34-29(3,4)5)16-20-8-11-25(32)26(33)12-20/h6-15,19H,16-17H2,1-5H3,(H,34,38)/t19-/m0/s1. The van der Waals surface area contributed by atoms with Crippen LogP contribution in [0.5, 0.6) is 0 Å². The molecule has 0 aliphatic heterocycles. The Morgan fingerprint density at radius 1 is 0.878 bits per heavy atom. The summed E-state index contributed by atoms with van der Waals surface area (Å²) in [4.78, 5) is 28.5. The lowest BCUT2D eigenvalue weighted by atomic mass is 10.1. The third kappa shape index (κ3) is 8.75. The van der Waals surface area contributed by atoms with E-state index in [9.17, 15) is 18.0 Å². The van der Waals surface area contributed by atoms with E-state index in [1.165, 1.54) is 35.2 Å². The van der Waals surface area contributed by atoms with Gasteiger partial charge in [0.15, 0.2) is 0 Å². The van der Waals surface area contributed by atoms with Crippen molar-refractivity contribution in [1.29, 1.82) is 0 Å². The Bertz CT molecular complexity index is 1520. The Morgan fingerprint density at radius 3 is 2.00 bits per heavy atom. The van der Waals surface area contributed by atoms with Crippen molar-refractivity contribution in [2.45, 2.75) is 57.6 Å². The zero-order valence-corrected chi connectivity index (χ0v) is 27.1. The van der Waals surface area contributed by atoms with Gasteiger partial charge in [-0.2, -0.15) is 0 Å². The van der Waals surface area contributed by atoms with Crippen LogP contribution in [0.25, 0.3) is 0 Å². The van der Waals surface area contributed by atoms with E-state index >= 15 is 0 Å². The van der Waals surface area contributed by atoms with E-state index in [0.29, 0.717) is 10.6 Å². The van der Waals surface area contributed by atoms with Crippen molar-refractivity contribution < 1.29 is 18.0 Å². The highest BCUT2D eigenvalue weighted by atomic mass is 35.5. The Hall–Kier alpha value is -2.49. The molecule has 0 aliphatic carbocycles. The van der Waals surface area contributed by atoms with Gasteiger partial charge in [-0.3, -0.25) is 13.9 Å². The second kappa shape index (κ2) is 13.2. The topological polar surface area (TPSA) is 86.8 Å². The minimum atomic E-state index is -4.26. The van der Waals surface area contributed by atoms with Crippen molar-refractivity contribution in [3.8, 4) is 0 Å². The molecule has 2 amide bonds. The summed E-state index contributed by atoms with van der Waals surface area (Å²) in [5.74, 6) is -1.05. The third-order valence-corrected chi connectivity index (χ3v) is 8.99. The predicted octanol–water partition coefficient (Wildman–Crippen LogP) is 7.14. The molecule has 220 valence electrons. The van der Waals surface area contributed by atoms with Gasteiger partial charge in [-0.15, -0.1) is 0 Å². The van der Waals surface area contributed by atoms with Gasteiger partial charge in [0, 0.05) is 22.1 Å². The highest BCUT2D eigenvalue weighted by molar-refractivity contribution is 7.92. The van der Waals surface area contributed by atoms with Crippen LogP contribution >= 0.6 is 46.4 Å². The van der Waals surface area contributed by atoms with Gasteiger partial charge in [-0.1, -0.05) is 70.2 Å². The number of amides is 2. The summed E-state index contributed by atoms with van der Waals surface area (Å²) in [6.07, 6.45) is 0. The number of halogens is 4. The maximum atomic E-state index is 14.0. The maximum absolute atomic E-state index is 14.0. The molecule has 0 radical (unpaired) electrons. The summed E-state index contributed by atoms with van der Waals surface area (Å²) in [5, 5.41) is 3.87. The van der Waals surface area contributed by atoms with Gasteiger partial charge >= 0.3 is 0 Å². The molecule has 12 heteroatoms. The maximum Gasteiger partial charge on any atom is 0.264 e. The van der Waals surface area contributed by atoms with Gasteiger partial charge in [0.1, 0.15) is 12.6 Å². The number of benzene rings is 3. The van der Waals surface area contributed by atoms with Crippen molar-refractivity contribution in [3.63, 3.8) is 0 Å². The van der Waals surface area contributed by atoms with E-state index in [0.717, 1.165) is 9.87 Å². The van der Waals surface area contributed by atoms with E-state index in [1.807, 2.05) is 27.7 Å². The molecule has 0 fully saturated rings. The molecule has 0 aromatic heterocycles. The normalized spacial score (nSPS) is 12.5. The largest absolute Gasteiger partial charge is 0.350 e. The molecule has 3 aromatic rings. The number of rotatable bonds is 9.